The van der Waals surface area contributed by atoms with Gasteiger partial charge in [0.25, 0.3) is 0 Å². The molecule has 0 heterocycles. The Labute approximate surface area is 112 Å². The molecule has 0 unspecified atom stereocenters. The predicted octanol–water partition coefficient (Wildman–Crippen LogP) is 4.57. The van der Waals surface area contributed by atoms with E-state index in [1.54, 1.807) is 30.3 Å². The van der Waals surface area contributed by atoms with Gasteiger partial charge in [0.15, 0.2) is 0 Å². The summed E-state index contributed by atoms with van der Waals surface area (Å²) in [5.41, 5.74) is 7.23. The number of benzene rings is 2. The highest BCUT2D eigenvalue weighted by Gasteiger charge is 2.05. The molecule has 0 saturated carbocycles. The van der Waals surface area contributed by atoms with Gasteiger partial charge in [0.1, 0.15) is 5.82 Å². The first-order chi connectivity index (χ1) is 8.06. The lowest BCUT2D eigenvalue weighted by Gasteiger charge is -2.10. The fourth-order valence-corrected chi connectivity index (χ4v) is 1.90. The number of anilines is 3. The maximum Gasteiger partial charge on any atom is 0.147 e. The Morgan fingerprint density at radius 1 is 1.12 bits per heavy atom. The van der Waals surface area contributed by atoms with Gasteiger partial charge >= 0.3 is 0 Å². The predicted molar refractivity (Wildman–Crippen MR) is 73.2 cm³/mol. The molecule has 5 heteroatoms. The van der Waals surface area contributed by atoms with Crippen LogP contribution in [0.15, 0.2) is 40.9 Å². The van der Waals surface area contributed by atoms with Crippen molar-refractivity contribution in [3.8, 4) is 0 Å². The fourth-order valence-electron chi connectivity index (χ4n) is 1.38. The lowest BCUT2D eigenvalue weighted by Crippen LogP contribution is -1.98. The molecule has 2 rings (SSSR count). The summed E-state index contributed by atoms with van der Waals surface area (Å²) in [4.78, 5) is 0. The van der Waals surface area contributed by atoms with Gasteiger partial charge in [-0.25, -0.2) is 4.39 Å². The molecule has 0 bridgehead atoms. The largest absolute Gasteiger partial charge is 0.397 e. The second-order valence-electron chi connectivity index (χ2n) is 3.48. The van der Waals surface area contributed by atoms with Crippen molar-refractivity contribution in [2.75, 3.05) is 11.1 Å². The lowest BCUT2D eigenvalue weighted by atomic mass is 10.2. The zero-order valence-corrected chi connectivity index (χ0v) is 11.0. The molecule has 0 amide bonds. The van der Waals surface area contributed by atoms with Crippen molar-refractivity contribution in [2.24, 2.45) is 0 Å². The zero-order valence-electron chi connectivity index (χ0n) is 8.68. The van der Waals surface area contributed by atoms with E-state index in [2.05, 4.69) is 21.2 Å². The van der Waals surface area contributed by atoms with Gasteiger partial charge in [-0.2, -0.15) is 0 Å². The first kappa shape index (κ1) is 12.2. The minimum absolute atomic E-state index is 0.353. The average molecular weight is 316 g/mol. The third-order valence-corrected chi connectivity index (χ3v) is 2.94. The number of nitrogens with two attached hydrogens (primary N) is 1. The van der Waals surface area contributed by atoms with E-state index >= 15 is 0 Å². The highest BCUT2D eigenvalue weighted by Crippen LogP contribution is 2.28. The molecule has 2 nitrogen and oxygen atoms in total. The number of hydrogen-bond acceptors (Lipinski definition) is 2. The Morgan fingerprint density at radius 3 is 2.47 bits per heavy atom. The first-order valence-electron chi connectivity index (χ1n) is 4.83. The number of nitrogens with one attached hydrogen (secondary N) is 1. The normalized spacial score (nSPS) is 10.3. The zero-order chi connectivity index (χ0) is 12.4. The number of nitrogen functional groups attached to an aromatic ring is 1. The SMILES string of the molecule is Nc1cc(Cl)ccc1Nc1ccc(Br)cc1F. The van der Waals surface area contributed by atoms with Gasteiger partial charge in [-0.1, -0.05) is 27.5 Å². The maximum absolute atomic E-state index is 13.6. The highest BCUT2D eigenvalue weighted by molar-refractivity contribution is 9.10. The minimum atomic E-state index is -0.353. The molecule has 0 saturated heterocycles. The van der Waals surface area contributed by atoms with E-state index in [4.69, 9.17) is 17.3 Å². The van der Waals surface area contributed by atoms with Crippen LogP contribution in [0.5, 0.6) is 0 Å². The molecule has 0 atom stereocenters. The van der Waals surface area contributed by atoms with Gasteiger partial charge in [-0.3, -0.25) is 0 Å². The van der Waals surface area contributed by atoms with Gasteiger partial charge < -0.3 is 11.1 Å². The van der Waals surface area contributed by atoms with Crippen molar-refractivity contribution in [2.45, 2.75) is 0 Å². The van der Waals surface area contributed by atoms with Crippen LogP contribution in [-0.4, -0.2) is 0 Å². The third-order valence-electron chi connectivity index (χ3n) is 2.21. The van der Waals surface area contributed by atoms with Crippen LogP contribution in [0.2, 0.25) is 5.02 Å². The highest BCUT2D eigenvalue weighted by atomic mass is 79.9. The summed E-state index contributed by atoms with van der Waals surface area (Å²) in [6.45, 7) is 0. The lowest BCUT2D eigenvalue weighted by molar-refractivity contribution is 0.631. The summed E-state index contributed by atoms with van der Waals surface area (Å²) in [6.07, 6.45) is 0. The van der Waals surface area contributed by atoms with Crippen LogP contribution in [0.25, 0.3) is 0 Å². The summed E-state index contributed by atoms with van der Waals surface area (Å²) in [6, 6.07) is 9.77. The molecule has 0 radical (unpaired) electrons. The summed E-state index contributed by atoms with van der Waals surface area (Å²) in [5, 5.41) is 3.46. The van der Waals surface area contributed by atoms with Crippen LogP contribution in [0.4, 0.5) is 21.5 Å². The van der Waals surface area contributed by atoms with E-state index in [9.17, 15) is 4.39 Å². The molecule has 2 aromatic carbocycles. The molecule has 0 aromatic heterocycles. The average Bonchev–Trinajstić information content (AvgIpc) is 2.25. The molecular weight excluding hydrogens is 307 g/mol. The number of rotatable bonds is 2. The van der Waals surface area contributed by atoms with Crippen molar-refractivity contribution in [1.82, 2.24) is 0 Å². The fraction of sp³-hybridized carbons (Fsp3) is 0. The van der Waals surface area contributed by atoms with Crippen LogP contribution >= 0.6 is 27.5 Å². The van der Waals surface area contributed by atoms with Gasteiger partial charge in [-0.15, -0.1) is 0 Å². The monoisotopic (exact) mass is 314 g/mol. The Kier molecular flexibility index (Phi) is 3.54. The van der Waals surface area contributed by atoms with Crippen LogP contribution in [0.3, 0.4) is 0 Å². The molecule has 88 valence electrons. The summed E-state index contributed by atoms with van der Waals surface area (Å²) in [7, 11) is 0. The van der Waals surface area contributed by atoms with Crippen molar-refractivity contribution < 1.29 is 4.39 Å². The van der Waals surface area contributed by atoms with Crippen LogP contribution in [0.1, 0.15) is 0 Å². The van der Waals surface area contributed by atoms with E-state index in [0.717, 1.165) is 0 Å². The molecule has 2 aromatic rings. The van der Waals surface area contributed by atoms with E-state index in [1.165, 1.54) is 6.07 Å². The van der Waals surface area contributed by atoms with Crippen molar-refractivity contribution in [1.29, 1.82) is 0 Å². The molecule has 0 aliphatic heterocycles. The van der Waals surface area contributed by atoms with Crippen LogP contribution in [0, 0.1) is 5.82 Å². The first-order valence-corrected chi connectivity index (χ1v) is 6.00. The quantitative estimate of drug-likeness (QED) is 0.797. The third kappa shape index (κ3) is 2.90. The molecule has 17 heavy (non-hydrogen) atoms. The smallest absolute Gasteiger partial charge is 0.147 e. The van der Waals surface area contributed by atoms with Crippen molar-refractivity contribution in [3.05, 3.63) is 51.7 Å². The summed E-state index contributed by atoms with van der Waals surface area (Å²) < 4.78 is 14.3. The van der Waals surface area contributed by atoms with E-state index in [0.29, 0.717) is 26.6 Å². The topological polar surface area (TPSA) is 38.0 Å². The second kappa shape index (κ2) is 4.94. The Balaban J connectivity index is 2.31. The van der Waals surface area contributed by atoms with E-state index in [-0.39, 0.29) is 5.82 Å². The van der Waals surface area contributed by atoms with Gasteiger partial charge in [0.2, 0.25) is 0 Å². The molecule has 0 aliphatic carbocycles. The summed E-state index contributed by atoms with van der Waals surface area (Å²) >= 11 is 8.98. The van der Waals surface area contributed by atoms with Crippen molar-refractivity contribution >= 4 is 44.6 Å². The van der Waals surface area contributed by atoms with Gasteiger partial charge in [0, 0.05) is 9.50 Å². The molecule has 0 aliphatic rings. The molecule has 3 N–H and O–H groups in total. The van der Waals surface area contributed by atoms with Gasteiger partial charge in [-0.05, 0) is 36.4 Å². The summed E-state index contributed by atoms with van der Waals surface area (Å²) in [5.74, 6) is -0.353. The van der Waals surface area contributed by atoms with Crippen molar-refractivity contribution in [3.63, 3.8) is 0 Å². The Bertz CT molecular complexity index is 511. The van der Waals surface area contributed by atoms with E-state index in [1.807, 2.05) is 0 Å². The van der Waals surface area contributed by atoms with E-state index < -0.39 is 0 Å². The Hall–Kier alpha value is -1.26. The van der Waals surface area contributed by atoms with Crippen LogP contribution < -0.4 is 11.1 Å². The molecule has 0 fully saturated rings. The second-order valence-corrected chi connectivity index (χ2v) is 4.83. The standard InChI is InChI=1S/C12H9BrClFN2/c13-7-1-3-11(9(15)5-7)17-12-4-2-8(14)6-10(12)16/h1-6,17H,16H2. The van der Waals surface area contributed by atoms with Gasteiger partial charge in [0.05, 0.1) is 17.1 Å². The Morgan fingerprint density at radius 2 is 1.82 bits per heavy atom. The minimum Gasteiger partial charge on any atom is -0.397 e. The number of hydrogen-bond donors (Lipinski definition) is 2. The molecule has 0 spiro atoms. The maximum atomic E-state index is 13.6. The molecular formula is C12H9BrClFN2. The number of halogens is 3. The van der Waals surface area contributed by atoms with Crippen LogP contribution in [-0.2, 0) is 0 Å².